The fourth-order valence-corrected chi connectivity index (χ4v) is 2.46. The third kappa shape index (κ3) is 2.93. The Morgan fingerprint density at radius 3 is 2.74 bits per heavy atom. The summed E-state index contributed by atoms with van der Waals surface area (Å²) in [4.78, 5) is 22.4. The molecule has 7 heteroatoms. The molecule has 0 saturated carbocycles. The maximum atomic E-state index is 10.8. The topological polar surface area (TPSA) is 83.7 Å². The van der Waals surface area contributed by atoms with Gasteiger partial charge in [-0.1, -0.05) is 22.0 Å². The number of hydrogen-bond donors (Lipinski definition) is 1. The van der Waals surface area contributed by atoms with Crippen molar-refractivity contribution in [2.24, 2.45) is 0 Å². The van der Waals surface area contributed by atoms with Crippen molar-refractivity contribution in [3.63, 3.8) is 0 Å². The summed E-state index contributed by atoms with van der Waals surface area (Å²) in [5.74, 6) is 0. The lowest BCUT2D eigenvalue weighted by atomic mass is 9.99. The van der Waals surface area contributed by atoms with Gasteiger partial charge in [-0.15, -0.1) is 0 Å². The molecule has 0 unspecified atom stereocenters. The minimum Gasteiger partial charge on any atom is -0.465 e. The van der Waals surface area contributed by atoms with Crippen LogP contribution in [-0.4, -0.2) is 34.1 Å². The van der Waals surface area contributed by atoms with Gasteiger partial charge >= 0.3 is 6.09 Å². The number of non-ortho nitro benzene ring substituents is 1. The molecule has 0 bridgehead atoms. The van der Waals surface area contributed by atoms with Crippen LogP contribution < -0.4 is 0 Å². The normalized spacial score (nSPS) is 15.0. The lowest BCUT2D eigenvalue weighted by Gasteiger charge is -2.24. The zero-order valence-electron chi connectivity index (χ0n) is 9.88. The molecule has 1 aliphatic rings. The molecule has 1 aliphatic heterocycles. The summed E-state index contributed by atoms with van der Waals surface area (Å²) in [6, 6.07) is 4.57. The smallest absolute Gasteiger partial charge is 0.407 e. The van der Waals surface area contributed by atoms with Gasteiger partial charge in [0.25, 0.3) is 5.69 Å². The lowest BCUT2D eigenvalue weighted by Crippen LogP contribution is -2.33. The summed E-state index contributed by atoms with van der Waals surface area (Å²) >= 11 is 3.37. The number of amides is 1. The van der Waals surface area contributed by atoms with Crippen molar-refractivity contribution in [3.8, 4) is 0 Å². The van der Waals surface area contributed by atoms with E-state index in [1.165, 1.54) is 17.0 Å². The van der Waals surface area contributed by atoms with E-state index in [1.54, 1.807) is 12.1 Å². The zero-order chi connectivity index (χ0) is 14.0. The highest BCUT2D eigenvalue weighted by Crippen LogP contribution is 2.31. The van der Waals surface area contributed by atoms with Crippen LogP contribution in [0.5, 0.6) is 0 Å². The van der Waals surface area contributed by atoms with Crippen molar-refractivity contribution in [1.82, 2.24) is 4.90 Å². The van der Waals surface area contributed by atoms with Gasteiger partial charge in [-0.25, -0.2) is 4.79 Å². The fourth-order valence-electron chi connectivity index (χ4n) is 1.96. The van der Waals surface area contributed by atoms with Crippen LogP contribution in [0.2, 0.25) is 0 Å². The average Bonchev–Trinajstić information content (AvgIpc) is 2.39. The number of nitrogens with zero attached hydrogens (tertiary/aromatic N) is 2. The largest absolute Gasteiger partial charge is 0.465 e. The molecule has 0 saturated heterocycles. The second kappa shape index (κ2) is 5.40. The molecular weight excluding hydrogens is 316 g/mol. The Morgan fingerprint density at radius 2 is 2.21 bits per heavy atom. The van der Waals surface area contributed by atoms with Gasteiger partial charge in [-0.05, 0) is 23.6 Å². The molecule has 1 heterocycles. The van der Waals surface area contributed by atoms with E-state index in [1.807, 2.05) is 0 Å². The van der Waals surface area contributed by atoms with Crippen LogP contribution in [0.4, 0.5) is 10.5 Å². The van der Waals surface area contributed by atoms with Crippen LogP contribution in [0.1, 0.15) is 12.0 Å². The van der Waals surface area contributed by atoms with Crippen LogP contribution in [0.3, 0.4) is 0 Å². The molecule has 0 spiro atoms. The molecule has 19 heavy (non-hydrogen) atoms. The Hall–Kier alpha value is -1.89. The Morgan fingerprint density at radius 1 is 1.47 bits per heavy atom. The maximum absolute atomic E-state index is 10.8. The molecule has 0 fully saturated rings. The SMILES string of the molecule is O=C(O)N1CC=C(c2cc([N+](=O)[O-])ccc2Br)CC1. The maximum Gasteiger partial charge on any atom is 0.407 e. The summed E-state index contributed by atoms with van der Waals surface area (Å²) in [6.45, 7) is 0.704. The third-order valence-corrected chi connectivity index (χ3v) is 3.68. The number of benzene rings is 1. The molecular formula is C12H11BrN2O4. The van der Waals surface area contributed by atoms with E-state index in [2.05, 4.69) is 15.9 Å². The molecule has 1 aromatic carbocycles. The van der Waals surface area contributed by atoms with Gasteiger partial charge in [-0.3, -0.25) is 10.1 Å². The zero-order valence-corrected chi connectivity index (χ0v) is 11.5. The van der Waals surface area contributed by atoms with Gasteiger partial charge in [0.1, 0.15) is 0 Å². The number of nitro benzene ring substituents is 1. The molecule has 0 aliphatic carbocycles. The first kappa shape index (κ1) is 13.5. The number of carbonyl (C=O) groups is 1. The second-order valence-electron chi connectivity index (χ2n) is 4.13. The molecule has 100 valence electrons. The molecule has 1 amide bonds. The van der Waals surface area contributed by atoms with Crippen LogP contribution >= 0.6 is 15.9 Å². The van der Waals surface area contributed by atoms with E-state index < -0.39 is 11.0 Å². The predicted octanol–water partition coefficient (Wildman–Crippen LogP) is 3.12. The van der Waals surface area contributed by atoms with Gasteiger partial charge < -0.3 is 10.0 Å². The molecule has 0 radical (unpaired) electrons. The molecule has 1 N–H and O–H groups in total. The highest BCUT2D eigenvalue weighted by molar-refractivity contribution is 9.10. The van der Waals surface area contributed by atoms with Crippen molar-refractivity contribution in [1.29, 1.82) is 0 Å². The van der Waals surface area contributed by atoms with E-state index in [4.69, 9.17) is 5.11 Å². The van der Waals surface area contributed by atoms with E-state index in [9.17, 15) is 14.9 Å². The first-order chi connectivity index (χ1) is 8.99. The summed E-state index contributed by atoms with van der Waals surface area (Å²) < 4.78 is 0.771. The standard InChI is InChI=1S/C12H11BrN2O4/c13-11-2-1-9(15(18)19)7-10(11)8-3-5-14(6-4-8)12(16)17/h1-3,7H,4-6H2,(H,16,17). The van der Waals surface area contributed by atoms with Crippen LogP contribution in [0.25, 0.3) is 5.57 Å². The Labute approximate surface area is 117 Å². The van der Waals surface area contributed by atoms with Gasteiger partial charge in [0.15, 0.2) is 0 Å². The minimum absolute atomic E-state index is 0.0276. The third-order valence-electron chi connectivity index (χ3n) is 2.99. The van der Waals surface area contributed by atoms with Crippen molar-refractivity contribution >= 4 is 33.3 Å². The minimum atomic E-state index is -0.951. The van der Waals surface area contributed by atoms with Crippen molar-refractivity contribution in [2.45, 2.75) is 6.42 Å². The van der Waals surface area contributed by atoms with Crippen LogP contribution in [0, 0.1) is 10.1 Å². The summed E-state index contributed by atoms with van der Waals surface area (Å²) in [7, 11) is 0. The second-order valence-corrected chi connectivity index (χ2v) is 4.98. The van der Waals surface area contributed by atoms with E-state index >= 15 is 0 Å². The van der Waals surface area contributed by atoms with Crippen LogP contribution in [0.15, 0.2) is 28.7 Å². The first-order valence-electron chi connectivity index (χ1n) is 5.60. The highest BCUT2D eigenvalue weighted by atomic mass is 79.9. The Balaban J connectivity index is 2.30. The molecule has 0 atom stereocenters. The average molecular weight is 327 g/mol. The van der Waals surface area contributed by atoms with Gasteiger partial charge in [0.05, 0.1) is 4.92 Å². The molecule has 6 nitrogen and oxygen atoms in total. The quantitative estimate of drug-likeness (QED) is 0.668. The summed E-state index contributed by atoms with van der Waals surface area (Å²) in [5.41, 5.74) is 1.70. The fraction of sp³-hybridized carbons (Fsp3) is 0.250. The van der Waals surface area contributed by atoms with E-state index in [0.29, 0.717) is 19.5 Å². The highest BCUT2D eigenvalue weighted by Gasteiger charge is 2.19. The van der Waals surface area contributed by atoms with Gasteiger partial charge in [0, 0.05) is 29.7 Å². The van der Waals surface area contributed by atoms with E-state index in [0.717, 1.165) is 15.6 Å². The van der Waals surface area contributed by atoms with E-state index in [-0.39, 0.29) is 5.69 Å². The van der Waals surface area contributed by atoms with Crippen LogP contribution in [-0.2, 0) is 0 Å². The summed E-state index contributed by atoms with van der Waals surface area (Å²) in [6.07, 6.45) is 1.39. The monoisotopic (exact) mass is 326 g/mol. The number of nitro groups is 1. The Bertz CT molecular complexity index is 571. The Kier molecular flexibility index (Phi) is 3.84. The number of rotatable bonds is 2. The first-order valence-corrected chi connectivity index (χ1v) is 6.39. The van der Waals surface area contributed by atoms with Crippen molar-refractivity contribution in [3.05, 3.63) is 44.4 Å². The van der Waals surface area contributed by atoms with Gasteiger partial charge in [0.2, 0.25) is 0 Å². The molecule has 0 aromatic heterocycles. The molecule has 1 aromatic rings. The van der Waals surface area contributed by atoms with Gasteiger partial charge in [-0.2, -0.15) is 0 Å². The van der Waals surface area contributed by atoms with Crippen molar-refractivity contribution < 1.29 is 14.8 Å². The number of hydrogen-bond acceptors (Lipinski definition) is 3. The number of halogens is 1. The number of carboxylic acid groups (broad SMARTS) is 1. The predicted molar refractivity (Wildman–Crippen MR) is 73.0 cm³/mol. The van der Waals surface area contributed by atoms with Crippen molar-refractivity contribution in [2.75, 3.05) is 13.1 Å². The molecule has 2 rings (SSSR count). The lowest BCUT2D eigenvalue weighted by molar-refractivity contribution is -0.384. The summed E-state index contributed by atoms with van der Waals surface area (Å²) in [5, 5.41) is 19.6.